The van der Waals surface area contributed by atoms with Gasteiger partial charge in [-0.2, -0.15) is 0 Å². The average Bonchev–Trinajstić information content (AvgIpc) is 3.13. The summed E-state index contributed by atoms with van der Waals surface area (Å²) in [6.07, 6.45) is 1.18. The van der Waals surface area contributed by atoms with Crippen LogP contribution in [-0.2, 0) is 9.84 Å². The van der Waals surface area contributed by atoms with Crippen molar-refractivity contribution in [3.8, 4) is 0 Å². The normalized spacial score (nSPS) is 11.5. The lowest BCUT2D eigenvalue weighted by Crippen LogP contribution is -2.38. The summed E-state index contributed by atoms with van der Waals surface area (Å²) in [6.45, 7) is 7.09. The Morgan fingerprint density at radius 2 is 1.81 bits per heavy atom. The van der Waals surface area contributed by atoms with E-state index in [4.69, 9.17) is 11.6 Å². The highest BCUT2D eigenvalue weighted by molar-refractivity contribution is 7.90. The van der Waals surface area contributed by atoms with Crippen molar-refractivity contribution in [3.63, 3.8) is 0 Å². The number of likely N-dealkylation sites (N-methyl/N-ethyl adjacent to an activating group) is 1. The molecule has 6 nitrogen and oxygen atoms in total. The molecule has 3 rings (SSSR count). The van der Waals surface area contributed by atoms with Crippen LogP contribution in [0.25, 0.3) is 10.2 Å². The van der Waals surface area contributed by atoms with Crippen molar-refractivity contribution in [2.45, 2.75) is 18.7 Å². The van der Waals surface area contributed by atoms with E-state index < -0.39 is 9.84 Å². The van der Waals surface area contributed by atoms with Gasteiger partial charge in [0.25, 0.3) is 5.91 Å². The van der Waals surface area contributed by atoms with E-state index in [1.54, 1.807) is 47.4 Å². The number of benzene rings is 2. The molecule has 31 heavy (non-hydrogen) atoms. The minimum absolute atomic E-state index is 0. The van der Waals surface area contributed by atoms with Crippen molar-refractivity contribution in [3.05, 3.63) is 53.1 Å². The molecule has 0 aliphatic carbocycles. The molecule has 0 N–H and O–H groups in total. The summed E-state index contributed by atoms with van der Waals surface area (Å²) in [6, 6.07) is 11.7. The molecule has 0 saturated heterocycles. The number of sulfone groups is 1. The zero-order valence-electron chi connectivity index (χ0n) is 17.5. The molecule has 0 unspecified atom stereocenters. The Morgan fingerprint density at radius 3 is 2.42 bits per heavy atom. The van der Waals surface area contributed by atoms with E-state index in [2.05, 4.69) is 23.7 Å². The van der Waals surface area contributed by atoms with Crippen LogP contribution in [0.15, 0.2) is 47.4 Å². The van der Waals surface area contributed by atoms with Gasteiger partial charge in [-0.05, 0) is 49.5 Å². The molecule has 0 aliphatic heterocycles. The van der Waals surface area contributed by atoms with Gasteiger partial charge in [0.05, 0.1) is 15.1 Å². The minimum Gasteiger partial charge on any atom is -0.302 e. The molecule has 1 amide bonds. The van der Waals surface area contributed by atoms with Gasteiger partial charge in [-0.3, -0.25) is 9.69 Å². The first kappa shape index (κ1) is 25.5. The molecule has 1 aromatic heterocycles. The maximum Gasteiger partial charge on any atom is 0.260 e. The van der Waals surface area contributed by atoms with Gasteiger partial charge in [-0.15, -0.1) is 12.4 Å². The van der Waals surface area contributed by atoms with Crippen LogP contribution < -0.4 is 4.90 Å². The van der Waals surface area contributed by atoms with Crippen LogP contribution in [0.1, 0.15) is 24.2 Å². The van der Waals surface area contributed by atoms with E-state index in [-0.39, 0.29) is 23.2 Å². The number of anilines is 1. The van der Waals surface area contributed by atoms with E-state index >= 15 is 0 Å². The highest BCUT2D eigenvalue weighted by atomic mass is 35.5. The Bertz CT molecular complexity index is 1160. The topological polar surface area (TPSA) is 70.6 Å². The smallest absolute Gasteiger partial charge is 0.260 e. The Morgan fingerprint density at radius 1 is 1.10 bits per heavy atom. The fourth-order valence-corrected chi connectivity index (χ4v) is 5.02. The van der Waals surface area contributed by atoms with Crippen LogP contribution in [0.4, 0.5) is 5.13 Å². The van der Waals surface area contributed by atoms with Gasteiger partial charge in [-0.1, -0.05) is 42.9 Å². The molecule has 0 atom stereocenters. The molecule has 0 bridgehead atoms. The number of halogens is 2. The minimum atomic E-state index is -3.32. The fourth-order valence-electron chi connectivity index (χ4n) is 3.08. The lowest BCUT2D eigenvalue weighted by Gasteiger charge is -2.24. The van der Waals surface area contributed by atoms with Gasteiger partial charge < -0.3 is 4.90 Å². The van der Waals surface area contributed by atoms with Crippen LogP contribution in [0.3, 0.4) is 0 Å². The second-order valence-corrected chi connectivity index (χ2v) is 10.4. The van der Waals surface area contributed by atoms with Gasteiger partial charge >= 0.3 is 0 Å². The number of carbonyl (C=O) groups excluding carboxylic acids is 1. The molecular formula is C21H25Cl2N3O3S2. The molecule has 10 heteroatoms. The second kappa shape index (κ2) is 10.7. The van der Waals surface area contributed by atoms with Crippen LogP contribution in [0, 0.1) is 0 Å². The molecule has 0 spiro atoms. The Balaban J connectivity index is 0.00000341. The lowest BCUT2D eigenvalue weighted by molar-refractivity contribution is 0.0983. The SMILES string of the molecule is CCN(CC)CCN(C(=O)c1cccc(Cl)c1)c1nc2ccc(S(C)(=O)=O)cc2s1.Cl. The first-order chi connectivity index (χ1) is 14.2. The van der Waals surface area contributed by atoms with E-state index in [0.717, 1.165) is 17.8 Å². The van der Waals surface area contributed by atoms with Crippen molar-refractivity contribution in [2.24, 2.45) is 0 Å². The number of amides is 1. The van der Waals surface area contributed by atoms with E-state index in [1.807, 2.05) is 0 Å². The first-order valence-electron chi connectivity index (χ1n) is 9.63. The average molecular weight is 502 g/mol. The standard InChI is InChI=1S/C21H24ClN3O3S2.ClH/c1-4-24(5-2)11-12-25(20(26)15-7-6-8-16(22)13-15)21-23-18-10-9-17(30(3,27)28)14-19(18)29-21;/h6-10,13-14H,4-5,11-12H2,1-3H3;1H. The maximum atomic E-state index is 13.3. The number of carbonyl (C=O) groups is 1. The maximum absolute atomic E-state index is 13.3. The number of rotatable bonds is 8. The predicted octanol–water partition coefficient (Wildman–Crippen LogP) is 4.76. The summed E-state index contributed by atoms with van der Waals surface area (Å²) < 4.78 is 24.5. The van der Waals surface area contributed by atoms with Gasteiger partial charge in [0.1, 0.15) is 0 Å². The summed E-state index contributed by atoms with van der Waals surface area (Å²) >= 11 is 7.40. The molecule has 2 aromatic carbocycles. The van der Waals surface area contributed by atoms with Crippen LogP contribution in [-0.4, -0.2) is 56.6 Å². The van der Waals surface area contributed by atoms with Crippen molar-refractivity contribution in [2.75, 3.05) is 37.3 Å². The molecular weight excluding hydrogens is 477 g/mol. The van der Waals surface area contributed by atoms with Crippen LogP contribution in [0.5, 0.6) is 0 Å². The second-order valence-electron chi connectivity index (χ2n) is 6.89. The zero-order chi connectivity index (χ0) is 21.9. The monoisotopic (exact) mass is 501 g/mol. The quantitative estimate of drug-likeness (QED) is 0.444. The summed E-state index contributed by atoms with van der Waals surface area (Å²) in [5.74, 6) is -0.188. The highest BCUT2D eigenvalue weighted by Gasteiger charge is 2.22. The third-order valence-electron chi connectivity index (χ3n) is 4.86. The predicted molar refractivity (Wildman–Crippen MR) is 131 cm³/mol. The summed E-state index contributed by atoms with van der Waals surface area (Å²) in [4.78, 5) is 22.0. The Hall–Kier alpha value is -1.71. The molecule has 1 heterocycles. The van der Waals surface area contributed by atoms with Gasteiger partial charge in [-0.25, -0.2) is 13.4 Å². The third kappa shape index (κ3) is 6.17. The van der Waals surface area contributed by atoms with E-state index in [0.29, 0.717) is 34.3 Å². The summed E-state index contributed by atoms with van der Waals surface area (Å²) in [7, 11) is -3.32. The van der Waals surface area contributed by atoms with E-state index in [9.17, 15) is 13.2 Å². The van der Waals surface area contributed by atoms with Crippen molar-refractivity contribution in [1.29, 1.82) is 0 Å². The number of fused-ring (bicyclic) bond motifs is 1. The highest BCUT2D eigenvalue weighted by Crippen LogP contribution is 2.31. The number of hydrogen-bond donors (Lipinski definition) is 0. The van der Waals surface area contributed by atoms with Gasteiger partial charge in [0.2, 0.25) is 0 Å². The molecule has 0 aliphatic rings. The fraction of sp³-hybridized carbons (Fsp3) is 0.333. The largest absolute Gasteiger partial charge is 0.302 e. The van der Waals surface area contributed by atoms with Crippen molar-refractivity contribution >= 4 is 66.4 Å². The summed E-state index contributed by atoms with van der Waals surface area (Å²) in [5.41, 5.74) is 1.15. The first-order valence-corrected chi connectivity index (χ1v) is 12.7. The Kier molecular flexibility index (Phi) is 8.85. The van der Waals surface area contributed by atoms with E-state index in [1.165, 1.54) is 17.6 Å². The molecule has 168 valence electrons. The van der Waals surface area contributed by atoms with Crippen LogP contribution >= 0.6 is 35.3 Å². The molecule has 0 saturated carbocycles. The summed E-state index contributed by atoms with van der Waals surface area (Å²) in [5, 5.41) is 1.03. The van der Waals surface area contributed by atoms with Crippen LogP contribution in [0.2, 0.25) is 5.02 Å². The molecule has 0 fully saturated rings. The van der Waals surface area contributed by atoms with Gasteiger partial charge in [0, 0.05) is 29.9 Å². The number of thiazole rings is 1. The third-order valence-corrected chi connectivity index (χ3v) is 7.25. The molecule has 0 radical (unpaired) electrons. The number of aromatic nitrogens is 1. The number of hydrogen-bond acceptors (Lipinski definition) is 6. The lowest BCUT2D eigenvalue weighted by atomic mass is 10.2. The molecule has 3 aromatic rings. The van der Waals surface area contributed by atoms with Crippen molar-refractivity contribution in [1.82, 2.24) is 9.88 Å². The van der Waals surface area contributed by atoms with Gasteiger partial charge in [0.15, 0.2) is 15.0 Å². The number of nitrogens with zero attached hydrogens (tertiary/aromatic N) is 3. The van der Waals surface area contributed by atoms with Crippen molar-refractivity contribution < 1.29 is 13.2 Å². The zero-order valence-corrected chi connectivity index (χ0v) is 20.7. The Labute approximate surface area is 198 Å².